The predicted molar refractivity (Wildman–Crippen MR) is 91.9 cm³/mol. The minimum absolute atomic E-state index is 0. The molecule has 0 amide bonds. The van der Waals surface area contributed by atoms with Gasteiger partial charge in [-0.2, -0.15) is 0 Å². The van der Waals surface area contributed by atoms with Gasteiger partial charge in [-0.15, -0.1) is 12.4 Å². The average molecular weight is 320 g/mol. The van der Waals surface area contributed by atoms with Crippen LogP contribution < -0.4 is 0 Å². The van der Waals surface area contributed by atoms with E-state index in [1.54, 1.807) is 24.3 Å². The summed E-state index contributed by atoms with van der Waals surface area (Å²) in [5, 5.41) is 9.90. The van der Waals surface area contributed by atoms with Crippen LogP contribution in [0, 0.1) is 5.92 Å². The molecule has 0 aliphatic carbocycles. The Labute approximate surface area is 138 Å². The zero-order chi connectivity index (χ0) is 15.2. The van der Waals surface area contributed by atoms with E-state index in [0.29, 0.717) is 18.5 Å². The smallest absolute Gasteiger partial charge is 0.171 e. The average Bonchev–Trinajstić information content (AvgIpc) is 2.47. The minimum atomic E-state index is -0.171. The van der Waals surface area contributed by atoms with Crippen LogP contribution >= 0.6 is 12.4 Å². The number of nitrogens with zero attached hydrogens (tertiary/aromatic N) is 1. The number of phenolic OH excluding ortho intramolecular Hbond substituents is 1. The summed E-state index contributed by atoms with van der Waals surface area (Å²) >= 11 is 0. The molecule has 3 nitrogen and oxygen atoms in total. The van der Waals surface area contributed by atoms with Crippen LogP contribution in [0.15, 0.2) is 54.6 Å². The molecule has 0 saturated carbocycles. The molecular weight excluding hydrogens is 298 g/mol. The summed E-state index contributed by atoms with van der Waals surface area (Å²) in [6, 6.07) is 16.7. The largest absolute Gasteiger partial charge is 0.507 e. The molecule has 1 atom stereocenters. The Morgan fingerprint density at radius 2 is 1.64 bits per heavy atom. The predicted octanol–water partition coefficient (Wildman–Crippen LogP) is 3.42. The lowest BCUT2D eigenvalue weighted by Gasteiger charge is -2.20. The standard InChI is InChI=1S/C18H21NO2.ClH/c1-19(2)13-15(12-14-8-4-3-5-9-14)18(21)16-10-6-7-11-17(16)20;/h3-11,15,20H,12-13H2,1-2H3;1H/t15-;/m0./s1. The molecule has 4 heteroatoms. The van der Waals surface area contributed by atoms with Crippen LogP contribution in [0.4, 0.5) is 0 Å². The highest BCUT2D eigenvalue weighted by molar-refractivity contribution is 6.00. The van der Waals surface area contributed by atoms with Gasteiger partial charge >= 0.3 is 0 Å². The lowest BCUT2D eigenvalue weighted by molar-refractivity contribution is 0.0894. The first-order valence-corrected chi connectivity index (χ1v) is 7.09. The van der Waals surface area contributed by atoms with E-state index in [1.165, 1.54) is 0 Å². The molecule has 118 valence electrons. The van der Waals surface area contributed by atoms with E-state index < -0.39 is 0 Å². The Morgan fingerprint density at radius 1 is 1.05 bits per heavy atom. The summed E-state index contributed by atoms with van der Waals surface area (Å²) in [6.07, 6.45) is 0.673. The van der Waals surface area contributed by atoms with Crippen molar-refractivity contribution in [1.82, 2.24) is 4.90 Å². The van der Waals surface area contributed by atoms with Crippen molar-refractivity contribution in [2.75, 3.05) is 20.6 Å². The molecule has 2 rings (SSSR count). The van der Waals surface area contributed by atoms with Crippen molar-refractivity contribution in [2.24, 2.45) is 5.92 Å². The van der Waals surface area contributed by atoms with Gasteiger partial charge < -0.3 is 10.0 Å². The van der Waals surface area contributed by atoms with Gasteiger partial charge in [-0.25, -0.2) is 0 Å². The molecule has 0 heterocycles. The molecule has 0 bridgehead atoms. The third-order valence-corrected chi connectivity index (χ3v) is 3.45. The van der Waals surface area contributed by atoms with Crippen LogP contribution in [0.3, 0.4) is 0 Å². The van der Waals surface area contributed by atoms with Gasteiger partial charge in [0.2, 0.25) is 0 Å². The van der Waals surface area contributed by atoms with E-state index in [1.807, 2.05) is 49.3 Å². The second kappa shape index (κ2) is 8.57. The summed E-state index contributed by atoms with van der Waals surface area (Å²) in [5.74, 6) is -0.124. The summed E-state index contributed by atoms with van der Waals surface area (Å²) in [5.41, 5.74) is 1.54. The van der Waals surface area contributed by atoms with Crippen molar-refractivity contribution in [1.29, 1.82) is 0 Å². The Balaban J connectivity index is 0.00000242. The van der Waals surface area contributed by atoms with Crippen LogP contribution in [0.1, 0.15) is 15.9 Å². The quantitative estimate of drug-likeness (QED) is 0.829. The van der Waals surface area contributed by atoms with Crippen molar-refractivity contribution in [3.63, 3.8) is 0 Å². The summed E-state index contributed by atoms with van der Waals surface area (Å²) in [6.45, 7) is 0.655. The van der Waals surface area contributed by atoms with Gasteiger partial charge in [0.1, 0.15) is 5.75 Å². The fourth-order valence-electron chi connectivity index (χ4n) is 2.48. The SMILES string of the molecule is CN(C)C[C@H](Cc1ccccc1)C(=O)c1ccccc1O.Cl. The number of para-hydroxylation sites is 1. The van der Waals surface area contributed by atoms with Gasteiger partial charge in [-0.3, -0.25) is 4.79 Å². The second-order valence-corrected chi connectivity index (χ2v) is 5.53. The minimum Gasteiger partial charge on any atom is -0.507 e. The second-order valence-electron chi connectivity index (χ2n) is 5.53. The Morgan fingerprint density at radius 3 is 2.23 bits per heavy atom. The topological polar surface area (TPSA) is 40.5 Å². The zero-order valence-corrected chi connectivity index (χ0v) is 13.7. The van der Waals surface area contributed by atoms with Gasteiger partial charge in [0.05, 0.1) is 5.56 Å². The third-order valence-electron chi connectivity index (χ3n) is 3.45. The molecule has 0 spiro atoms. The number of phenols is 1. The van der Waals surface area contributed by atoms with Crippen LogP contribution in [-0.4, -0.2) is 36.4 Å². The summed E-state index contributed by atoms with van der Waals surface area (Å²) < 4.78 is 0. The number of hydrogen-bond acceptors (Lipinski definition) is 3. The lowest BCUT2D eigenvalue weighted by Crippen LogP contribution is -2.29. The maximum atomic E-state index is 12.7. The molecular formula is C18H22ClNO2. The highest BCUT2D eigenvalue weighted by Crippen LogP contribution is 2.22. The van der Waals surface area contributed by atoms with Crippen molar-refractivity contribution < 1.29 is 9.90 Å². The number of Topliss-reactive ketones (excluding diaryl/α,β-unsaturated/α-hetero) is 1. The first kappa shape index (κ1) is 18.2. The van der Waals surface area contributed by atoms with Crippen molar-refractivity contribution >= 4 is 18.2 Å². The fourth-order valence-corrected chi connectivity index (χ4v) is 2.48. The molecule has 0 radical (unpaired) electrons. The van der Waals surface area contributed by atoms with Crippen LogP contribution in [0.5, 0.6) is 5.75 Å². The summed E-state index contributed by atoms with van der Waals surface area (Å²) in [7, 11) is 3.91. The number of hydrogen-bond donors (Lipinski definition) is 1. The van der Waals surface area contributed by atoms with Gasteiger partial charge in [0.15, 0.2) is 5.78 Å². The van der Waals surface area contributed by atoms with Crippen molar-refractivity contribution in [3.8, 4) is 5.75 Å². The number of carbonyl (C=O) groups is 1. The molecule has 22 heavy (non-hydrogen) atoms. The maximum Gasteiger partial charge on any atom is 0.171 e. The highest BCUT2D eigenvalue weighted by atomic mass is 35.5. The monoisotopic (exact) mass is 319 g/mol. The number of ketones is 1. The third kappa shape index (κ3) is 4.86. The van der Waals surface area contributed by atoms with E-state index in [-0.39, 0.29) is 29.9 Å². The molecule has 2 aromatic carbocycles. The normalized spacial score (nSPS) is 11.8. The number of rotatable bonds is 6. The number of carbonyl (C=O) groups excluding carboxylic acids is 1. The summed E-state index contributed by atoms with van der Waals surface area (Å²) in [4.78, 5) is 14.7. The Bertz CT molecular complexity index is 599. The maximum absolute atomic E-state index is 12.7. The van der Waals surface area contributed by atoms with Gasteiger partial charge in [-0.05, 0) is 38.2 Å². The lowest BCUT2D eigenvalue weighted by atomic mass is 9.90. The van der Waals surface area contributed by atoms with E-state index in [9.17, 15) is 9.90 Å². The number of aromatic hydroxyl groups is 1. The van der Waals surface area contributed by atoms with Gasteiger partial charge in [-0.1, -0.05) is 42.5 Å². The Hall–Kier alpha value is -1.84. The first-order chi connectivity index (χ1) is 10.1. The van der Waals surface area contributed by atoms with Gasteiger partial charge in [0.25, 0.3) is 0 Å². The molecule has 0 aliphatic rings. The zero-order valence-electron chi connectivity index (χ0n) is 12.9. The van der Waals surface area contributed by atoms with E-state index in [0.717, 1.165) is 5.56 Å². The van der Waals surface area contributed by atoms with Gasteiger partial charge in [0, 0.05) is 12.5 Å². The van der Waals surface area contributed by atoms with E-state index in [2.05, 4.69) is 0 Å². The molecule has 0 aliphatic heterocycles. The van der Waals surface area contributed by atoms with Crippen molar-refractivity contribution in [2.45, 2.75) is 6.42 Å². The molecule has 0 aromatic heterocycles. The fraction of sp³-hybridized carbons (Fsp3) is 0.278. The molecule has 0 saturated heterocycles. The molecule has 2 aromatic rings. The molecule has 1 N–H and O–H groups in total. The van der Waals surface area contributed by atoms with Crippen molar-refractivity contribution in [3.05, 3.63) is 65.7 Å². The van der Waals surface area contributed by atoms with Crippen LogP contribution in [0.2, 0.25) is 0 Å². The van der Waals surface area contributed by atoms with Crippen LogP contribution in [0.25, 0.3) is 0 Å². The van der Waals surface area contributed by atoms with Crippen LogP contribution in [-0.2, 0) is 6.42 Å². The molecule has 0 unspecified atom stereocenters. The highest BCUT2D eigenvalue weighted by Gasteiger charge is 2.23. The Kier molecular flexibility index (Phi) is 7.09. The first-order valence-electron chi connectivity index (χ1n) is 7.09. The van der Waals surface area contributed by atoms with E-state index >= 15 is 0 Å². The number of halogens is 1. The van der Waals surface area contributed by atoms with E-state index in [4.69, 9.17) is 0 Å². The molecule has 0 fully saturated rings. The number of benzene rings is 2.